The zero-order chi connectivity index (χ0) is 13.4. The first kappa shape index (κ1) is 12.3. The van der Waals surface area contributed by atoms with Crippen LogP contribution in [0.25, 0.3) is 11.4 Å². The number of hydrogen-bond acceptors (Lipinski definition) is 4. The first-order valence-electron chi connectivity index (χ1n) is 4.67. The smallest absolute Gasteiger partial charge is 0.279 e. The van der Waals surface area contributed by atoms with Gasteiger partial charge in [0, 0.05) is 13.1 Å². The fourth-order valence-electron chi connectivity index (χ4n) is 1.41. The number of nitro groups is 1. The highest BCUT2D eigenvalue weighted by atomic mass is 32.1. The zero-order valence-corrected chi connectivity index (χ0v) is 9.79. The third-order valence-electron chi connectivity index (χ3n) is 2.27. The minimum atomic E-state index is -1.29. The fraction of sp³-hybridized carbons (Fsp3) is 0.111. The molecule has 94 valence electrons. The average molecular weight is 272 g/mol. The van der Waals surface area contributed by atoms with Gasteiger partial charge in [0.2, 0.25) is 10.6 Å². The van der Waals surface area contributed by atoms with E-state index in [-0.39, 0.29) is 10.6 Å². The monoisotopic (exact) mass is 272 g/mol. The number of H-pyrrole nitrogens is 1. The number of nitrogens with zero attached hydrogens (tertiary/aromatic N) is 3. The van der Waals surface area contributed by atoms with Crippen LogP contribution < -0.4 is 0 Å². The molecule has 0 aliphatic heterocycles. The van der Waals surface area contributed by atoms with E-state index in [0.717, 1.165) is 12.1 Å². The number of nitrogens with one attached hydrogen (secondary N) is 1. The molecule has 0 unspecified atom stereocenters. The molecule has 0 fully saturated rings. The quantitative estimate of drug-likeness (QED) is 0.517. The lowest BCUT2D eigenvalue weighted by atomic mass is 10.1. The van der Waals surface area contributed by atoms with Gasteiger partial charge in [0.1, 0.15) is 5.82 Å². The summed E-state index contributed by atoms with van der Waals surface area (Å²) >= 11 is 4.79. The van der Waals surface area contributed by atoms with Crippen LogP contribution in [0, 0.1) is 26.5 Å². The Morgan fingerprint density at radius 3 is 2.67 bits per heavy atom. The Kier molecular flexibility index (Phi) is 2.91. The summed E-state index contributed by atoms with van der Waals surface area (Å²) in [5.41, 5.74) is -1.42. The molecule has 0 bridgehead atoms. The molecule has 0 amide bonds. The van der Waals surface area contributed by atoms with Gasteiger partial charge in [0.25, 0.3) is 0 Å². The lowest BCUT2D eigenvalue weighted by Gasteiger charge is -2.01. The normalized spacial score (nSPS) is 10.6. The van der Waals surface area contributed by atoms with Crippen molar-refractivity contribution >= 4 is 17.9 Å². The van der Waals surface area contributed by atoms with Crippen LogP contribution >= 0.6 is 12.2 Å². The molecule has 0 saturated carbocycles. The summed E-state index contributed by atoms with van der Waals surface area (Å²) in [4.78, 5) is 13.4. The summed E-state index contributed by atoms with van der Waals surface area (Å²) in [6, 6.07) is 1.56. The van der Waals surface area contributed by atoms with Gasteiger partial charge in [-0.25, -0.2) is 4.39 Å². The molecule has 9 heteroatoms. The minimum absolute atomic E-state index is 0.0790. The van der Waals surface area contributed by atoms with Crippen molar-refractivity contribution in [2.75, 3.05) is 0 Å². The third-order valence-corrected chi connectivity index (χ3v) is 2.64. The Morgan fingerprint density at radius 2 is 2.17 bits per heavy atom. The second-order valence-corrected chi connectivity index (χ2v) is 3.79. The Morgan fingerprint density at radius 1 is 1.50 bits per heavy atom. The first-order valence-corrected chi connectivity index (χ1v) is 5.08. The molecule has 6 nitrogen and oxygen atoms in total. The first-order chi connectivity index (χ1) is 8.41. The van der Waals surface area contributed by atoms with Gasteiger partial charge in [0.15, 0.2) is 5.82 Å². The van der Waals surface area contributed by atoms with Gasteiger partial charge in [-0.2, -0.15) is 9.37 Å². The Bertz CT molecular complexity index is 694. The third kappa shape index (κ3) is 1.88. The maximum Gasteiger partial charge on any atom is 0.305 e. The molecule has 0 saturated heterocycles. The van der Waals surface area contributed by atoms with Crippen molar-refractivity contribution in [1.82, 2.24) is 14.8 Å². The van der Waals surface area contributed by atoms with E-state index in [2.05, 4.69) is 10.1 Å². The number of rotatable bonds is 2. The van der Waals surface area contributed by atoms with Gasteiger partial charge < -0.3 is 0 Å². The summed E-state index contributed by atoms with van der Waals surface area (Å²) in [7, 11) is 1.51. The number of hydrogen-bond donors (Lipinski definition) is 1. The second-order valence-electron chi connectivity index (χ2n) is 3.43. The van der Waals surface area contributed by atoms with E-state index >= 15 is 0 Å². The van der Waals surface area contributed by atoms with Gasteiger partial charge in [-0.05, 0) is 18.3 Å². The number of aryl methyl sites for hydroxylation is 1. The van der Waals surface area contributed by atoms with E-state index < -0.39 is 27.8 Å². The molecule has 0 radical (unpaired) electrons. The van der Waals surface area contributed by atoms with Crippen molar-refractivity contribution in [2.45, 2.75) is 0 Å². The van der Waals surface area contributed by atoms with E-state index in [4.69, 9.17) is 12.2 Å². The van der Waals surface area contributed by atoms with Crippen LogP contribution in [0.5, 0.6) is 0 Å². The number of aromatic nitrogens is 3. The summed E-state index contributed by atoms with van der Waals surface area (Å²) in [6.07, 6.45) is 0. The summed E-state index contributed by atoms with van der Waals surface area (Å²) in [6.45, 7) is 0. The van der Waals surface area contributed by atoms with Crippen molar-refractivity contribution in [3.8, 4) is 11.4 Å². The van der Waals surface area contributed by atoms with Gasteiger partial charge >= 0.3 is 5.69 Å². The van der Waals surface area contributed by atoms with Crippen molar-refractivity contribution in [1.29, 1.82) is 0 Å². The number of aromatic amines is 1. The average Bonchev–Trinajstić information content (AvgIpc) is 2.58. The summed E-state index contributed by atoms with van der Waals surface area (Å²) in [5, 5.41) is 13.1. The molecular formula is C9H6F2N4O2S. The van der Waals surface area contributed by atoms with Crippen LogP contribution in [0.15, 0.2) is 12.1 Å². The largest absolute Gasteiger partial charge is 0.305 e. The maximum atomic E-state index is 13.8. The molecule has 2 rings (SSSR count). The van der Waals surface area contributed by atoms with Crippen molar-refractivity contribution in [2.24, 2.45) is 7.05 Å². The van der Waals surface area contributed by atoms with E-state index in [9.17, 15) is 18.9 Å². The Balaban J connectivity index is 2.74. The molecule has 0 spiro atoms. The fourth-order valence-corrected chi connectivity index (χ4v) is 1.55. The van der Waals surface area contributed by atoms with E-state index in [0.29, 0.717) is 0 Å². The predicted octanol–water partition coefficient (Wildman–Crippen LogP) is 2.33. The molecule has 0 aliphatic carbocycles. The lowest BCUT2D eigenvalue weighted by Crippen LogP contribution is -1.99. The number of halogens is 2. The number of nitro benzene ring substituents is 1. The van der Waals surface area contributed by atoms with Crippen LogP contribution in [0.4, 0.5) is 14.5 Å². The van der Waals surface area contributed by atoms with E-state index in [1.807, 2.05) is 0 Å². The molecule has 18 heavy (non-hydrogen) atoms. The highest BCUT2D eigenvalue weighted by molar-refractivity contribution is 7.71. The van der Waals surface area contributed by atoms with Crippen molar-refractivity contribution in [3.63, 3.8) is 0 Å². The van der Waals surface area contributed by atoms with Gasteiger partial charge in [-0.3, -0.25) is 19.9 Å². The molecule has 0 atom stereocenters. The Hall–Kier alpha value is -2.16. The van der Waals surface area contributed by atoms with Crippen molar-refractivity contribution < 1.29 is 13.7 Å². The van der Waals surface area contributed by atoms with Gasteiger partial charge in [-0.1, -0.05) is 0 Å². The van der Waals surface area contributed by atoms with Crippen LogP contribution in [0.1, 0.15) is 0 Å². The Labute approximate surface area is 104 Å². The topological polar surface area (TPSA) is 76.8 Å². The van der Waals surface area contributed by atoms with Crippen LogP contribution in [-0.2, 0) is 7.05 Å². The molecule has 1 heterocycles. The molecule has 1 N–H and O–H groups in total. The SMILES string of the molecule is Cn1[nH]c(-c2c(F)ccc([N+](=O)[O-])c2F)nc1=S. The van der Waals surface area contributed by atoms with Crippen LogP contribution in [-0.4, -0.2) is 19.7 Å². The molecule has 2 aromatic rings. The highest BCUT2D eigenvalue weighted by Gasteiger charge is 2.24. The van der Waals surface area contributed by atoms with Gasteiger partial charge in [-0.15, -0.1) is 0 Å². The van der Waals surface area contributed by atoms with Gasteiger partial charge in [0.05, 0.1) is 10.5 Å². The van der Waals surface area contributed by atoms with Crippen LogP contribution in [0.3, 0.4) is 0 Å². The highest BCUT2D eigenvalue weighted by Crippen LogP contribution is 2.29. The van der Waals surface area contributed by atoms with E-state index in [1.54, 1.807) is 0 Å². The molecule has 1 aromatic carbocycles. The van der Waals surface area contributed by atoms with Crippen LogP contribution in [0.2, 0.25) is 0 Å². The zero-order valence-electron chi connectivity index (χ0n) is 8.98. The molecular weight excluding hydrogens is 266 g/mol. The molecule has 1 aromatic heterocycles. The standard InChI is InChI=1S/C9H6F2N4O2S/c1-14-9(18)12-8(13-14)6-4(10)2-3-5(7(6)11)15(16)17/h2-3H,1H3,(H,12,13,18). The predicted molar refractivity (Wildman–Crippen MR) is 60.4 cm³/mol. The lowest BCUT2D eigenvalue weighted by molar-refractivity contribution is -0.387. The summed E-state index contributed by atoms with van der Waals surface area (Å²) < 4.78 is 28.7. The van der Waals surface area contributed by atoms with Crippen molar-refractivity contribution in [3.05, 3.63) is 38.7 Å². The number of benzene rings is 1. The molecule has 0 aliphatic rings. The minimum Gasteiger partial charge on any atom is -0.279 e. The second kappa shape index (κ2) is 4.26. The van der Waals surface area contributed by atoms with E-state index in [1.165, 1.54) is 11.7 Å². The maximum absolute atomic E-state index is 13.8. The summed E-state index contributed by atoms with van der Waals surface area (Å²) in [5.74, 6) is -2.44.